The van der Waals surface area contributed by atoms with Crippen LogP contribution in [0.2, 0.25) is 0 Å². The fraction of sp³-hybridized carbons (Fsp3) is 0.0769. The molecule has 0 spiro atoms. The van der Waals surface area contributed by atoms with Crippen LogP contribution in [0.15, 0.2) is 42.0 Å². The average Bonchev–Trinajstić information content (AvgIpc) is 2.30. The zero-order chi connectivity index (χ0) is 10.7. The summed E-state index contributed by atoms with van der Waals surface area (Å²) in [6, 6.07) is 7.97. The Morgan fingerprint density at radius 2 is 2.13 bits per heavy atom. The lowest BCUT2D eigenvalue weighted by molar-refractivity contribution is 1.38. The summed E-state index contributed by atoms with van der Waals surface area (Å²) in [7, 11) is 0. The molecule has 2 nitrogen and oxygen atoms in total. The highest BCUT2D eigenvalue weighted by Gasteiger charge is 2.03. The van der Waals surface area contributed by atoms with Crippen molar-refractivity contribution >= 4 is 28.9 Å². The molecule has 0 unspecified atom stereocenters. The van der Waals surface area contributed by atoms with Crippen molar-refractivity contribution in [3.05, 3.63) is 42.6 Å². The van der Waals surface area contributed by atoms with E-state index in [0.29, 0.717) is 0 Å². The maximum atomic E-state index is 4.37. The molecule has 1 heterocycles. The number of nitrogens with zero attached hydrogens (tertiary/aromatic N) is 2. The molecule has 0 aliphatic rings. The summed E-state index contributed by atoms with van der Waals surface area (Å²) in [5.74, 6) is 0. The first-order valence-corrected chi connectivity index (χ1v) is 4.85. The maximum absolute atomic E-state index is 4.37. The highest BCUT2D eigenvalue weighted by Crippen LogP contribution is 2.28. The zero-order valence-corrected chi connectivity index (χ0v) is 8.64. The molecule has 0 aliphatic carbocycles. The Hall–Kier alpha value is -1.96. The molecule has 2 aromatic rings. The normalized spacial score (nSPS) is 11.0. The molecular formula is C13H12N2. The number of hydrogen-bond donors (Lipinski definition) is 0. The molecule has 0 saturated carbocycles. The third-order valence-corrected chi connectivity index (χ3v) is 2.25. The van der Waals surface area contributed by atoms with Gasteiger partial charge in [0.25, 0.3) is 0 Å². The van der Waals surface area contributed by atoms with E-state index >= 15 is 0 Å². The molecular weight excluding hydrogens is 184 g/mol. The summed E-state index contributed by atoms with van der Waals surface area (Å²) >= 11 is 0. The Morgan fingerprint density at radius 3 is 2.87 bits per heavy atom. The van der Waals surface area contributed by atoms with E-state index in [2.05, 4.69) is 16.6 Å². The highest BCUT2D eigenvalue weighted by molar-refractivity contribution is 5.94. The smallest absolute Gasteiger partial charge is 0.0807 e. The minimum atomic E-state index is 0.943. The van der Waals surface area contributed by atoms with E-state index in [0.717, 1.165) is 22.2 Å². The van der Waals surface area contributed by atoms with Gasteiger partial charge in [0.1, 0.15) is 0 Å². The third-order valence-electron chi connectivity index (χ3n) is 2.25. The Morgan fingerprint density at radius 1 is 1.33 bits per heavy atom. The second-order valence-corrected chi connectivity index (χ2v) is 3.17. The van der Waals surface area contributed by atoms with Crippen LogP contribution in [0.1, 0.15) is 12.5 Å². The van der Waals surface area contributed by atoms with E-state index in [4.69, 9.17) is 0 Å². The quantitative estimate of drug-likeness (QED) is 0.674. The van der Waals surface area contributed by atoms with Crippen LogP contribution in [0.5, 0.6) is 0 Å². The molecule has 15 heavy (non-hydrogen) atoms. The standard InChI is InChI=1S/C13H12N2/c1-3-10-9-15-12-8-6-5-7-11(12)13(10)14-4-2/h3-9H,1H2,2H3/b14-4-. The molecule has 0 N–H and O–H groups in total. The van der Waals surface area contributed by atoms with Crippen molar-refractivity contribution in [1.82, 2.24) is 4.98 Å². The van der Waals surface area contributed by atoms with Gasteiger partial charge in [-0.05, 0) is 13.0 Å². The summed E-state index contributed by atoms with van der Waals surface area (Å²) < 4.78 is 0. The van der Waals surface area contributed by atoms with Gasteiger partial charge in [0.15, 0.2) is 0 Å². The fourth-order valence-corrected chi connectivity index (χ4v) is 1.56. The number of hydrogen-bond acceptors (Lipinski definition) is 2. The van der Waals surface area contributed by atoms with Gasteiger partial charge in [-0.2, -0.15) is 0 Å². The van der Waals surface area contributed by atoms with Crippen LogP contribution in [0.4, 0.5) is 5.69 Å². The van der Waals surface area contributed by atoms with Crippen LogP contribution >= 0.6 is 0 Å². The number of aromatic nitrogens is 1. The van der Waals surface area contributed by atoms with E-state index in [1.165, 1.54) is 0 Å². The fourth-order valence-electron chi connectivity index (χ4n) is 1.56. The van der Waals surface area contributed by atoms with Gasteiger partial charge in [0.05, 0.1) is 11.2 Å². The van der Waals surface area contributed by atoms with E-state index < -0.39 is 0 Å². The number of para-hydroxylation sites is 1. The second kappa shape index (κ2) is 4.05. The van der Waals surface area contributed by atoms with Crippen molar-refractivity contribution in [3.63, 3.8) is 0 Å². The van der Waals surface area contributed by atoms with Gasteiger partial charge < -0.3 is 0 Å². The molecule has 2 heteroatoms. The number of pyridine rings is 1. The number of rotatable bonds is 2. The number of benzene rings is 1. The summed E-state index contributed by atoms with van der Waals surface area (Å²) in [6.07, 6.45) is 5.37. The van der Waals surface area contributed by atoms with Gasteiger partial charge in [0, 0.05) is 23.4 Å². The lowest BCUT2D eigenvalue weighted by atomic mass is 10.1. The van der Waals surface area contributed by atoms with Crippen LogP contribution in [0, 0.1) is 0 Å². The van der Waals surface area contributed by atoms with Crippen molar-refractivity contribution in [2.24, 2.45) is 4.99 Å². The molecule has 1 aromatic carbocycles. The minimum Gasteiger partial charge on any atom is -0.260 e. The van der Waals surface area contributed by atoms with Crippen LogP contribution in [0.3, 0.4) is 0 Å². The van der Waals surface area contributed by atoms with Crippen LogP contribution in [-0.2, 0) is 0 Å². The van der Waals surface area contributed by atoms with Gasteiger partial charge in [-0.1, -0.05) is 30.9 Å². The van der Waals surface area contributed by atoms with Crippen LogP contribution < -0.4 is 0 Å². The van der Waals surface area contributed by atoms with Gasteiger partial charge in [-0.25, -0.2) is 0 Å². The first kappa shape index (κ1) is 9.59. The molecule has 1 aromatic heterocycles. The molecule has 0 amide bonds. The molecule has 0 aliphatic heterocycles. The minimum absolute atomic E-state index is 0.943. The molecule has 2 rings (SSSR count). The molecule has 0 radical (unpaired) electrons. The molecule has 74 valence electrons. The van der Waals surface area contributed by atoms with Crippen molar-refractivity contribution < 1.29 is 0 Å². The van der Waals surface area contributed by atoms with Crippen molar-refractivity contribution in [2.75, 3.05) is 0 Å². The molecule has 0 atom stereocenters. The zero-order valence-electron chi connectivity index (χ0n) is 8.64. The first-order chi connectivity index (χ1) is 7.36. The van der Waals surface area contributed by atoms with Crippen LogP contribution in [-0.4, -0.2) is 11.2 Å². The lowest BCUT2D eigenvalue weighted by Gasteiger charge is -2.04. The topological polar surface area (TPSA) is 25.2 Å². The Balaban J connectivity index is 2.84. The summed E-state index contributed by atoms with van der Waals surface area (Å²) in [4.78, 5) is 8.72. The van der Waals surface area contributed by atoms with Gasteiger partial charge in [0.2, 0.25) is 0 Å². The number of fused-ring (bicyclic) bond motifs is 1. The monoisotopic (exact) mass is 196 g/mol. The summed E-state index contributed by atoms with van der Waals surface area (Å²) in [6.45, 7) is 5.67. The Bertz CT molecular complexity index is 527. The van der Waals surface area contributed by atoms with Gasteiger partial charge in [-0.3, -0.25) is 9.98 Å². The van der Waals surface area contributed by atoms with Crippen molar-refractivity contribution in [2.45, 2.75) is 6.92 Å². The predicted molar refractivity (Wildman–Crippen MR) is 65.7 cm³/mol. The Kier molecular flexibility index (Phi) is 2.59. The largest absolute Gasteiger partial charge is 0.260 e. The van der Waals surface area contributed by atoms with Crippen molar-refractivity contribution in [3.8, 4) is 0 Å². The SMILES string of the molecule is C=Cc1cnc2ccccc2c1/N=C\C. The Labute approximate surface area is 89.0 Å². The van der Waals surface area contributed by atoms with E-state index in [9.17, 15) is 0 Å². The predicted octanol–water partition coefficient (Wildman–Crippen LogP) is 3.60. The summed E-state index contributed by atoms with van der Waals surface area (Å²) in [5, 5.41) is 1.06. The molecule has 0 bridgehead atoms. The van der Waals surface area contributed by atoms with Crippen LogP contribution in [0.25, 0.3) is 17.0 Å². The highest BCUT2D eigenvalue weighted by atomic mass is 14.8. The maximum Gasteiger partial charge on any atom is 0.0807 e. The summed E-state index contributed by atoms with van der Waals surface area (Å²) in [5.41, 5.74) is 2.87. The van der Waals surface area contributed by atoms with E-state index in [1.54, 1.807) is 18.5 Å². The number of aliphatic imine (C=N–C) groups is 1. The van der Waals surface area contributed by atoms with E-state index in [1.807, 2.05) is 31.2 Å². The molecule has 0 fully saturated rings. The van der Waals surface area contributed by atoms with Gasteiger partial charge in [-0.15, -0.1) is 0 Å². The van der Waals surface area contributed by atoms with Crippen molar-refractivity contribution in [1.29, 1.82) is 0 Å². The first-order valence-electron chi connectivity index (χ1n) is 4.85. The lowest BCUT2D eigenvalue weighted by Crippen LogP contribution is -1.83. The molecule has 0 saturated heterocycles. The third kappa shape index (κ3) is 1.66. The van der Waals surface area contributed by atoms with E-state index in [-0.39, 0.29) is 0 Å². The van der Waals surface area contributed by atoms with Gasteiger partial charge >= 0.3 is 0 Å². The second-order valence-electron chi connectivity index (χ2n) is 3.17. The average molecular weight is 196 g/mol.